The quantitative estimate of drug-likeness (QED) is 0.449. The molecule has 0 unspecified atom stereocenters. The zero-order chi connectivity index (χ0) is 21.4. The normalized spacial score (nSPS) is 13.7. The number of hydrogen-bond donors (Lipinski definition) is 1. The van der Waals surface area contributed by atoms with Gasteiger partial charge in [0.15, 0.2) is 0 Å². The summed E-state index contributed by atoms with van der Waals surface area (Å²) in [6.07, 6.45) is 0.978. The number of rotatable bonds is 3. The van der Waals surface area contributed by atoms with Gasteiger partial charge in [-0.3, -0.25) is 9.78 Å². The van der Waals surface area contributed by atoms with E-state index in [9.17, 15) is 4.79 Å². The zero-order valence-electron chi connectivity index (χ0n) is 17.2. The van der Waals surface area contributed by atoms with E-state index in [2.05, 4.69) is 23.3 Å². The molecule has 4 aromatic rings. The van der Waals surface area contributed by atoms with Crippen LogP contribution in [0.2, 0.25) is 5.02 Å². The van der Waals surface area contributed by atoms with Crippen molar-refractivity contribution in [1.82, 2.24) is 9.88 Å². The monoisotopic (exact) mass is 427 g/mol. The molecule has 31 heavy (non-hydrogen) atoms. The highest BCUT2D eigenvalue weighted by atomic mass is 35.5. The summed E-state index contributed by atoms with van der Waals surface area (Å²) in [6, 6.07) is 23.3. The van der Waals surface area contributed by atoms with Crippen LogP contribution in [0.3, 0.4) is 0 Å². The minimum absolute atomic E-state index is 0.132. The van der Waals surface area contributed by atoms with Gasteiger partial charge in [-0.15, -0.1) is 0 Å². The molecule has 0 saturated carbocycles. The van der Waals surface area contributed by atoms with Gasteiger partial charge in [0.1, 0.15) is 0 Å². The third-order valence-electron chi connectivity index (χ3n) is 5.74. The van der Waals surface area contributed by atoms with Gasteiger partial charge in [-0.25, -0.2) is 0 Å². The number of nitrogens with one attached hydrogen (secondary N) is 1. The van der Waals surface area contributed by atoms with Gasteiger partial charge in [-0.2, -0.15) is 0 Å². The van der Waals surface area contributed by atoms with Gasteiger partial charge < -0.3 is 10.2 Å². The van der Waals surface area contributed by atoms with E-state index in [0.717, 1.165) is 47.2 Å². The van der Waals surface area contributed by atoms with Gasteiger partial charge >= 0.3 is 0 Å². The Morgan fingerprint density at radius 2 is 1.68 bits per heavy atom. The predicted molar refractivity (Wildman–Crippen MR) is 127 cm³/mol. The number of amides is 1. The summed E-state index contributed by atoms with van der Waals surface area (Å²) >= 11 is 5.96. The Balaban J connectivity index is 1.35. The third kappa shape index (κ3) is 4.18. The maximum absolute atomic E-state index is 12.8. The summed E-state index contributed by atoms with van der Waals surface area (Å²) in [5.74, 6) is -0.132. The number of carbonyl (C=O) groups is 1. The van der Waals surface area contributed by atoms with E-state index in [-0.39, 0.29) is 5.91 Å². The number of nitrogens with zero attached hydrogens (tertiary/aromatic N) is 2. The lowest BCUT2D eigenvalue weighted by Gasteiger charge is -2.24. The lowest BCUT2D eigenvalue weighted by molar-refractivity contribution is 0.102. The fourth-order valence-corrected chi connectivity index (χ4v) is 4.14. The van der Waals surface area contributed by atoms with Crippen LogP contribution in [0.15, 0.2) is 72.8 Å². The standard InChI is InChI=1S/C26H22ClN3O/c1-30-13-12-25-21(16-30)14-20-15-23(10-11-24(20)29-25)28-26(31)19-4-2-17(3-5-19)18-6-8-22(27)9-7-18/h2-11,14-15H,12-13,16H2,1H3,(H,28,31). The molecule has 1 amide bonds. The van der Waals surface area contributed by atoms with Gasteiger partial charge in [-0.05, 0) is 72.3 Å². The van der Waals surface area contributed by atoms with Crippen LogP contribution in [0.4, 0.5) is 5.69 Å². The number of halogens is 1. The summed E-state index contributed by atoms with van der Waals surface area (Å²) < 4.78 is 0. The molecule has 5 heteroatoms. The maximum Gasteiger partial charge on any atom is 0.255 e. The summed E-state index contributed by atoms with van der Waals surface area (Å²) in [7, 11) is 2.13. The summed E-state index contributed by atoms with van der Waals surface area (Å²) in [5.41, 5.74) is 6.90. The molecule has 3 aromatic carbocycles. The van der Waals surface area contributed by atoms with Crippen LogP contribution in [0.25, 0.3) is 22.0 Å². The van der Waals surface area contributed by atoms with Crippen LogP contribution < -0.4 is 5.32 Å². The van der Waals surface area contributed by atoms with Crippen molar-refractivity contribution in [3.05, 3.63) is 94.6 Å². The van der Waals surface area contributed by atoms with Crippen LogP contribution in [0.1, 0.15) is 21.6 Å². The number of anilines is 1. The topological polar surface area (TPSA) is 45.2 Å². The Morgan fingerprint density at radius 1 is 0.968 bits per heavy atom. The first-order valence-corrected chi connectivity index (χ1v) is 10.7. The minimum atomic E-state index is -0.132. The molecule has 0 fully saturated rings. The average Bonchev–Trinajstić information content (AvgIpc) is 2.78. The molecule has 1 N–H and O–H groups in total. The fourth-order valence-electron chi connectivity index (χ4n) is 4.02. The highest BCUT2D eigenvalue weighted by Gasteiger charge is 2.15. The van der Waals surface area contributed by atoms with Crippen LogP contribution >= 0.6 is 11.6 Å². The zero-order valence-corrected chi connectivity index (χ0v) is 18.0. The molecule has 0 atom stereocenters. The van der Waals surface area contributed by atoms with Gasteiger partial charge in [-0.1, -0.05) is 35.9 Å². The molecule has 0 bridgehead atoms. The van der Waals surface area contributed by atoms with Crippen LogP contribution in [-0.4, -0.2) is 29.4 Å². The molecule has 0 spiro atoms. The van der Waals surface area contributed by atoms with E-state index < -0.39 is 0 Å². The van der Waals surface area contributed by atoms with Crippen molar-refractivity contribution in [2.24, 2.45) is 0 Å². The number of fused-ring (bicyclic) bond motifs is 2. The number of pyridine rings is 1. The highest BCUT2D eigenvalue weighted by molar-refractivity contribution is 6.30. The first-order chi connectivity index (χ1) is 15.0. The van der Waals surface area contributed by atoms with Gasteiger partial charge in [0.2, 0.25) is 0 Å². The lowest BCUT2D eigenvalue weighted by atomic mass is 10.0. The summed E-state index contributed by atoms with van der Waals surface area (Å²) in [4.78, 5) is 19.9. The summed E-state index contributed by atoms with van der Waals surface area (Å²) in [6.45, 7) is 1.95. The Labute approximate surface area is 186 Å². The van der Waals surface area contributed by atoms with Crippen LogP contribution in [0, 0.1) is 0 Å². The summed E-state index contributed by atoms with van der Waals surface area (Å²) in [5, 5.41) is 4.76. The predicted octanol–water partition coefficient (Wildman–Crippen LogP) is 5.80. The molecule has 0 aliphatic carbocycles. The molecule has 0 radical (unpaired) electrons. The first kappa shape index (κ1) is 19.7. The first-order valence-electron chi connectivity index (χ1n) is 10.3. The highest BCUT2D eigenvalue weighted by Crippen LogP contribution is 2.25. The van der Waals surface area contributed by atoms with Crippen molar-refractivity contribution < 1.29 is 4.79 Å². The largest absolute Gasteiger partial charge is 0.322 e. The van der Waals surface area contributed by atoms with Crippen LogP contribution in [-0.2, 0) is 13.0 Å². The average molecular weight is 428 g/mol. The Hall–Kier alpha value is -3.21. The van der Waals surface area contributed by atoms with Crippen molar-refractivity contribution in [1.29, 1.82) is 0 Å². The van der Waals surface area contributed by atoms with Crippen molar-refractivity contribution in [2.45, 2.75) is 13.0 Å². The van der Waals surface area contributed by atoms with E-state index in [1.54, 1.807) is 0 Å². The molecule has 0 saturated heterocycles. The molecular formula is C26H22ClN3O. The van der Waals surface area contributed by atoms with E-state index in [0.29, 0.717) is 10.6 Å². The van der Waals surface area contributed by atoms with Crippen LogP contribution in [0.5, 0.6) is 0 Å². The number of aromatic nitrogens is 1. The molecule has 154 valence electrons. The Kier molecular flexibility index (Phi) is 5.18. The smallest absolute Gasteiger partial charge is 0.255 e. The SMILES string of the molecule is CN1CCc2nc3ccc(NC(=O)c4ccc(-c5ccc(Cl)cc5)cc4)cc3cc2C1. The van der Waals surface area contributed by atoms with E-state index >= 15 is 0 Å². The number of hydrogen-bond acceptors (Lipinski definition) is 3. The molecule has 5 rings (SSSR count). The molecular weight excluding hydrogens is 406 g/mol. The molecule has 4 nitrogen and oxygen atoms in total. The molecule has 1 aliphatic heterocycles. The maximum atomic E-state index is 12.8. The second-order valence-electron chi connectivity index (χ2n) is 8.03. The van der Waals surface area contributed by atoms with E-state index in [1.807, 2.05) is 66.7 Å². The van der Waals surface area contributed by atoms with E-state index in [4.69, 9.17) is 16.6 Å². The molecule has 1 aliphatic rings. The second-order valence-corrected chi connectivity index (χ2v) is 8.46. The van der Waals surface area contributed by atoms with Gasteiger partial charge in [0, 0.05) is 46.9 Å². The number of likely N-dealkylation sites (N-methyl/N-ethyl adjacent to an activating group) is 1. The van der Waals surface area contributed by atoms with Crippen molar-refractivity contribution >= 4 is 34.1 Å². The lowest BCUT2D eigenvalue weighted by Crippen LogP contribution is -2.27. The Bertz CT molecular complexity index is 1270. The Morgan fingerprint density at radius 3 is 2.42 bits per heavy atom. The van der Waals surface area contributed by atoms with Crippen molar-refractivity contribution in [3.63, 3.8) is 0 Å². The molecule has 2 heterocycles. The fraction of sp³-hybridized carbons (Fsp3) is 0.154. The van der Waals surface area contributed by atoms with Crippen molar-refractivity contribution in [3.8, 4) is 11.1 Å². The third-order valence-corrected chi connectivity index (χ3v) is 5.99. The number of carbonyl (C=O) groups excluding carboxylic acids is 1. The number of benzene rings is 3. The van der Waals surface area contributed by atoms with Gasteiger partial charge in [0.25, 0.3) is 5.91 Å². The van der Waals surface area contributed by atoms with E-state index in [1.165, 1.54) is 11.3 Å². The second kappa shape index (κ2) is 8.14. The van der Waals surface area contributed by atoms with Gasteiger partial charge in [0.05, 0.1) is 5.52 Å². The van der Waals surface area contributed by atoms with Crippen molar-refractivity contribution in [2.75, 3.05) is 18.9 Å². The minimum Gasteiger partial charge on any atom is -0.322 e. The molecule has 1 aromatic heterocycles.